The second-order valence-corrected chi connectivity index (χ2v) is 7.66. The van der Waals surface area contributed by atoms with Crippen LogP contribution in [0.5, 0.6) is 0 Å². The van der Waals surface area contributed by atoms with Crippen molar-refractivity contribution in [3.05, 3.63) is 18.2 Å². The van der Waals surface area contributed by atoms with Crippen molar-refractivity contribution in [3.8, 4) is 0 Å². The number of rotatable bonds is 2. The molecule has 1 aromatic carbocycles. The van der Waals surface area contributed by atoms with Crippen LogP contribution in [0.25, 0.3) is 0 Å². The molecular weight excluding hydrogens is 256 g/mol. The summed E-state index contributed by atoms with van der Waals surface area (Å²) < 4.78 is 45.0. The second-order valence-electron chi connectivity index (χ2n) is 3.17. The molecule has 1 aromatic rings. The maximum absolute atomic E-state index is 11.3. The van der Waals surface area contributed by atoms with Crippen LogP contribution in [0.15, 0.2) is 32.9 Å². The van der Waals surface area contributed by atoms with Gasteiger partial charge in [0.15, 0.2) is 19.7 Å². The zero-order chi connectivity index (χ0) is 11.9. The Balaban J connectivity index is 3.57. The maximum atomic E-state index is 11.3. The number of hydrogen-bond donors (Lipinski definition) is 1. The van der Waals surface area contributed by atoms with E-state index in [2.05, 4.69) is 12.6 Å². The van der Waals surface area contributed by atoms with Gasteiger partial charge in [-0.3, -0.25) is 0 Å². The molecule has 15 heavy (non-hydrogen) atoms. The van der Waals surface area contributed by atoms with Gasteiger partial charge >= 0.3 is 0 Å². The lowest BCUT2D eigenvalue weighted by molar-refractivity contribution is 0.598. The molecule has 0 fully saturated rings. The summed E-state index contributed by atoms with van der Waals surface area (Å²) in [4.78, 5) is 0.138. The Morgan fingerprint density at radius 2 is 1.53 bits per heavy atom. The van der Waals surface area contributed by atoms with Gasteiger partial charge in [-0.05, 0) is 18.2 Å². The molecule has 0 spiro atoms. The van der Waals surface area contributed by atoms with E-state index in [1.54, 1.807) is 0 Å². The summed E-state index contributed by atoms with van der Waals surface area (Å²) in [6.45, 7) is 0. The zero-order valence-electron chi connectivity index (χ0n) is 8.13. The predicted octanol–water partition coefficient (Wildman–Crippen LogP) is 0.782. The molecule has 84 valence electrons. The van der Waals surface area contributed by atoms with Crippen molar-refractivity contribution in [2.75, 3.05) is 12.5 Å². The summed E-state index contributed by atoms with van der Waals surface area (Å²) in [5, 5.41) is 0. The predicted molar refractivity (Wildman–Crippen MR) is 59.9 cm³/mol. The van der Waals surface area contributed by atoms with E-state index in [-0.39, 0.29) is 14.7 Å². The Morgan fingerprint density at radius 1 is 1.00 bits per heavy atom. The molecule has 7 heteroatoms. The van der Waals surface area contributed by atoms with Crippen LogP contribution >= 0.6 is 12.6 Å². The van der Waals surface area contributed by atoms with Gasteiger partial charge in [0.25, 0.3) is 0 Å². The van der Waals surface area contributed by atoms with E-state index in [9.17, 15) is 16.8 Å². The molecule has 1 rings (SSSR count). The first kappa shape index (κ1) is 12.5. The molecule has 0 amide bonds. The van der Waals surface area contributed by atoms with Crippen molar-refractivity contribution in [1.82, 2.24) is 0 Å². The standard InChI is InChI=1S/C8H10O4S3/c1-14(9,10)6-3-4-7(13)8(5-6)15(2,11)12/h3-5,13H,1-2H3. The molecule has 0 atom stereocenters. The van der Waals surface area contributed by atoms with Gasteiger partial charge in [-0.1, -0.05) is 0 Å². The van der Waals surface area contributed by atoms with E-state index in [0.717, 1.165) is 18.6 Å². The normalized spacial score (nSPS) is 12.7. The Kier molecular flexibility index (Phi) is 3.18. The maximum Gasteiger partial charge on any atom is 0.176 e. The molecule has 0 heterocycles. The van der Waals surface area contributed by atoms with Gasteiger partial charge in [0.05, 0.1) is 9.79 Å². The summed E-state index contributed by atoms with van der Waals surface area (Å²) in [5.41, 5.74) is 0. The van der Waals surface area contributed by atoms with E-state index in [0.29, 0.717) is 0 Å². The minimum atomic E-state index is -3.46. The molecule has 0 aliphatic heterocycles. The molecule has 0 aliphatic rings. The fraction of sp³-hybridized carbons (Fsp3) is 0.250. The van der Waals surface area contributed by atoms with E-state index >= 15 is 0 Å². The van der Waals surface area contributed by atoms with Crippen molar-refractivity contribution < 1.29 is 16.8 Å². The third kappa shape index (κ3) is 2.96. The molecule has 0 saturated heterocycles. The summed E-state index contributed by atoms with van der Waals surface area (Å²) in [7, 11) is -6.86. The summed E-state index contributed by atoms with van der Waals surface area (Å²) in [6, 6.07) is 3.80. The lowest BCUT2D eigenvalue weighted by atomic mass is 10.4. The number of thiol groups is 1. The van der Waals surface area contributed by atoms with Gasteiger partial charge in [-0.15, -0.1) is 12.6 Å². The van der Waals surface area contributed by atoms with Crippen LogP contribution in [0.1, 0.15) is 0 Å². The van der Waals surface area contributed by atoms with Crippen molar-refractivity contribution in [2.45, 2.75) is 14.7 Å². The van der Waals surface area contributed by atoms with Crippen molar-refractivity contribution in [3.63, 3.8) is 0 Å². The number of hydrogen-bond acceptors (Lipinski definition) is 5. The highest BCUT2D eigenvalue weighted by Crippen LogP contribution is 2.23. The highest BCUT2D eigenvalue weighted by Gasteiger charge is 2.15. The molecule has 0 unspecified atom stereocenters. The van der Waals surface area contributed by atoms with Crippen LogP contribution in [0, 0.1) is 0 Å². The van der Waals surface area contributed by atoms with Gasteiger partial charge in [-0.25, -0.2) is 16.8 Å². The lowest BCUT2D eigenvalue weighted by Gasteiger charge is -2.04. The van der Waals surface area contributed by atoms with E-state index in [4.69, 9.17) is 0 Å². The Hall–Kier alpha value is -0.530. The lowest BCUT2D eigenvalue weighted by Crippen LogP contribution is -2.03. The van der Waals surface area contributed by atoms with Gasteiger partial charge < -0.3 is 0 Å². The highest BCUT2D eigenvalue weighted by atomic mass is 32.2. The fourth-order valence-corrected chi connectivity index (χ4v) is 3.17. The monoisotopic (exact) mass is 266 g/mol. The highest BCUT2D eigenvalue weighted by molar-refractivity contribution is 7.92. The third-order valence-corrected chi connectivity index (χ3v) is 4.55. The third-order valence-electron chi connectivity index (χ3n) is 1.76. The van der Waals surface area contributed by atoms with Crippen molar-refractivity contribution in [2.24, 2.45) is 0 Å². The molecule has 0 aromatic heterocycles. The van der Waals surface area contributed by atoms with Gasteiger partial charge in [-0.2, -0.15) is 0 Å². The Morgan fingerprint density at radius 3 is 1.93 bits per heavy atom. The molecule has 0 saturated carbocycles. The van der Waals surface area contributed by atoms with Gasteiger partial charge in [0, 0.05) is 17.4 Å². The van der Waals surface area contributed by atoms with Gasteiger partial charge in [0.2, 0.25) is 0 Å². The average Bonchev–Trinajstić information content (AvgIpc) is 2.00. The minimum absolute atomic E-state index is 0.0271. The fourth-order valence-electron chi connectivity index (χ4n) is 1.02. The van der Waals surface area contributed by atoms with Crippen LogP contribution in [-0.2, 0) is 19.7 Å². The van der Waals surface area contributed by atoms with E-state index < -0.39 is 19.7 Å². The topological polar surface area (TPSA) is 68.3 Å². The molecule has 0 N–H and O–H groups in total. The van der Waals surface area contributed by atoms with Gasteiger partial charge in [0.1, 0.15) is 0 Å². The zero-order valence-corrected chi connectivity index (χ0v) is 10.7. The largest absolute Gasteiger partial charge is 0.224 e. The minimum Gasteiger partial charge on any atom is -0.224 e. The van der Waals surface area contributed by atoms with Crippen molar-refractivity contribution in [1.29, 1.82) is 0 Å². The molecule has 4 nitrogen and oxygen atoms in total. The smallest absolute Gasteiger partial charge is 0.176 e. The van der Waals surface area contributed by atoms with Crippen LogP contribution in [0.4, 0.5) is 0 Å². The molecular formula is C8H10O4S3. The van der Waals surface area contributed by atoms with Crippen LogP contribution < -0.4 is 0 Å². The summed E-state index contributed by atoms with van der Waals surface area (Å²) in [5.74, 6) is 0. The first-order chi connectivity index (χ1) is 6.62. The quantitative estimate of drug-likeness (QED) is 0.803. The van der Waals surface area contributed by atoms with E-state index in [1.165, 1.54) is 12.1 Å². The van der Waals surface area contributed by atoms with Crippen molar-refractivity contribution >= 4 is 32.3 Å². The SMILES string of the molecule is CS(=O)(=O)c1ccc(S)c(S(C)(=O)=O)c1. The summed E-state index contributed by atoms with van der Waals surface area (Å²) in [6.07, 6.45) is 2.03. The Bertz CT molecular complexity index is 584. The molecule has 0 aliphatic carbocycles. The molecule has 0 bridgehead atoms. The van der Waals surface area contributed by atoms with Crippen LogP contribution in [-0.4, -0.2) is 29.3 Å². The second kappa shape index (κ2) is 3.80. The number of sulfone groups is 2. The first-order valence-electron chi connectivity index (χ1n) is 3.85. The Labute approximate surface area is 94.6 Å². The van der Waals surface area contributed by atoms with Crippen LogP contribution in [0.3, 0.4) is 0 Å². The summed E-state index contributed by atoms with van der Waals surface area (Å²) >= 11 is 3.96. The molecule has 0 radical (unpaired) electrons. The van der Waals surface area contributed by atoms with E-state index in [1.807, 2.05) is 0 Å². The first-order valence-corrected chi connectivity index (χ1v) is 8.08. The number of benzene rings is 1. The van der Waals surface area contributed by atoms with Crippen LogP contribution in [0.2, 0.25) is 0 Å². The average molecular weight is 266 g/mol.